The summed E-state index contributed by atoms with van der Waals surface area (Å²) in [6.07, 6.45) is -1.76. The van der Waals surface area contributed by atoms with Crippen LogP contribution in [0.3, 0.4) is 0 Å². The molecule has 0 bridgehead atoms. The Morgan fingerprint density at radius 1 is 0.763 bits per heavy atom. The molecule has 1 amide bonds. The smallest absolute Gasteiger partial charge is 0.220 e. The van der Waals surface area contributed by atoms with Crippen LogP contribution in [0.25, 0.3) is 0 Å². The summed E-state index contributed by atoms with van der Waals surface area (Å²) >= 11 is 0. The lowest BCUT2D eigenvalue weighted by Gasteiger charge is -2.46. The number of carbonyl (C=O) groups excluding carboxylic acids is 1. The lowest BCUT2D eigenvalue weighted by Crippen LogP contribution is -2.66. The highest BCUT2D eigenvalue weighted by Crippen LogP contribution is 2.29. The molecule has 3 aromatic rings. The van der Waals surface area contributed by atoms with Crippen molar-refractivity contribution in [1.82, 2.24) is 5.32 Å². The molecule has 3 aromatic carbocycles. The van der Waals surface area contributed by atoms with Crippen molar-refractivity contribution in [1.29, 1.82) is 0 Å². The highest BCUT2D eigenvalue weighted by Gasteiger charge is 2.48. The summed E-state index contributed by atoms with van der Waals surface area (Å²) in [5, 5.41) is 13.4. The van der Waals surface area contributed by atoms with Gasteiger partial charge in [0.1, 0.15) is 24.4 Å². The van der Waals surface area contributed by atoms with Gasteiger partial charge in [-0.25, -0.2) is 0 Å². The average Bonchev–Trinajstić information content (AvgIpc) is 2.96. The maximum absolute atomic E-state index is 12.8. The molecule has 7 heteroatoms. The first-order valence-electron chi connectivity index (χ1n) is 13.2. The molecule has 5 atom stereocenters. The van der Waals surface area contributed by atoms with Crippen LogP contribution in [0, 0.1) is 0 Å². The Bertz CT molecular complexity index is 1080. The van der Waals surface area contributed by atoms with Crippen LogP contribution in [0.2, 0.25) is 0 Å². The third-order valence-corrected chi connectivity index (χ3v) is 6.46. The zero-order valence-electron chi connectivity index (χ0n) is 21.8. The van der Waals surface area contributed by atoms with E-state index in [-0.39, 0.29) is 19.1 Å². The second-order valence-electron chi connectivity index (χ2n) is 9.39. The highest BCUT2D eigenvalue weighted by atomic mass is 16.7. The van der Waals surface area contributed by atoms with Crippen molar-refractivity contribution in [3.63, 3.8) is 0 Å². The Morgan fingerprint density at radius 2 is 1.24 bits per heavy atom. The molecule has 0 aliphatic carbocycles. The number of nitrogens with one attached hydrogen (secondary N) is 1. The van der Waals surface area contributed by atoms with Crippen LogP contribution in [0.4, 0.5) is 0 Å². The molecule has 1 heterocycles. The van der Waals surface area contributed by atoms with Gasteiger partial charge in [-0.15, -0.1) is 0 Å². The van der Waals surface area contributed by atoms with Gasteiger partial charge >= 0.3 is 0 Å². The first kappa shape index (κ1) is 28.0. The minimum absolute atomic E-state index is 0.119. The molecule has 0 aromatic heterocycles. The van der Waals surface area contributed by atoms with Crippen LogP contribution in [0.1, 0.15) is 36.5 Å². The summed E-state index contributed by atoms with van der Waals surface area (Å²) in [7, 11) is 0. The first-order valence-corrected chi connectivity index (χ1v) is 13.2. The molecule has 4 rings (SSSR count). The lowest BCUT2D eigenvalue weighted by molar-refractivity contribution is -0.290. The maximum atomic E-state index is 12.8. The van der Waals surface area contributed by atoms with E-state index in [0.29, 0.717) is 26.1 Å². The Kier molecular flexibility index (Phi) is 10.9. The van der Waals surface area contributed by atoms with Crippen molar-refractivity contribution >= 4 is 5.91 Å². The summed E-state index contributed by atoms with van der Waals surface area (Å²) < 4.78 is 25.2. The molecule has 0 saturated carbocycles. The zero-order chi connectivity index (χ0) is 26.6. The Morgan fingerprint density at radius 3 is 1.71 bits per heavy atom. The Balaban J connectivity index is 1.60. The van der Waals surface area contributed by atoms with Crippen molar-refractivity contribution in [2.75, 3.05) is 6.61 Å². The van der Waals surface area contributed by atoms with Crippen LogP contribution in [0.5, 0.6) is 0 Å². The quantitative estimate of drug-likeness (QED) is 0.349. The summed E-state index contributed by atoms with van der Waals surface area (Å²) in [4.78, 5) is 12.8. The van der Waals surface area contributed by atoms with Gasteiger partial charge in [0.05, 0.1) is 26.4 Å². The highest BCUT2D eigenvalue weighted by molar-refractivity contribution is 5.76. The van der Waals surface area contributed by atoms with Gasteiger partial charge in [-0.2, -0.15) is 0 Å². The van der Waals surface area contributed by atoms with Crippen molar-refractivity contribution in [3.8, 4) is 0 Å². The van der Waals surface area contributed by atoms with Gasteiger partial charge in [-0.05, 0) is 23.1 Å². The molecule has 1 aliphatic rings. The van der Waals surface area contributed by atoms with E-state index in [1.807, 2.05) is 97.9 Å². The number of rotatable bonds is 13. The average molecular weight is 520 g/mol. The molecule has 202 valence electrons. The van der Waals surface area contributed by atoms with Crippen LogP contribution >= 0.6 is 0 Å². The monoisotopic (exact) mass is 519 g/mol. The van der Waals surface area contributed by atoms with E-state index in [2.05, 4.69) is 5.32 Å². The summed E-state index contributed by atoms with van der Waals surface area (Å²) in [5.74, 6) is -0.119. The number of aliphatic hydroxyl groups excluding tert-OH is 1. The standard InChI is InChI=1S/C31H37NO6/c1-2-12-27(34)32-28-30(36-21-24-15-8-4-9-16-24)29(35-20-23-13-6-3-7-14-23)26(19-33)38-31(28)37-22-25-17-10-5-11-18-25/h3-11,13-18,26,28-31,33H,2,12,19-22H2,1H3,(H,32,34)/t26-,28-,29-,30-,31?/m1/s1. The Hall–Kier alpha value is -3.07. The van der Waals surface area contributed by atoms with Gasteiger partial charge in [0.2, 0.25) is 5.91 Å². The fraction of sp³-hybridized carbons (Fsp3) is 0.387. The van der Waals surface area contributed by atoms with E-state index in [4.69, 9.17) is 18.9 Å². The van der Waals surface area contributed by atoms with Crippen molar-refractivity contribution in [3.05, 3.63) is 108 Å². The van der Waals surface area contributed by atoms with Crippen LogP contribution in [-0.4, -0.2) is 48.3 Å². The molecular weight excluding hydrogens is 482 g/mol. The molecule has 0 spiro atoms. The second-order valence-corrected chi connectivity index (χ2v) is 9.39. The normalized spacial score (nSPS) is 23.2. The minimum atomic E-state index is -0.842. The van der Waals surface area contributed by atoms with Crippen molar-refractivity contribution in [2.24, 2.45) is 0 Å². The number of aliphatic hydroxyl groups is 1. The molecule has 0 radical (unpaired) electrons. The minimum Gasteiger partial charge on any atom is -0.394 e. The van der Waals surface area contributed by atoms with Gasteiger partial charge in [-0.3, -0.25) is 4.79 Å². The van der Waals surface area contributed by atoms with E-state index in [1.54, 1.807) is 0 Å². The van der Waals surface area contributed by atoms with E-state index in [1.165, 1.54) is 0 Å². The third-order valence-electron chi connectivity index (χ3n) is 6.46. The predicted octanol–water partition coefficient (Wildman–Crippen LogP) is 4.38. The van der Waals surface area contributed by atoms with Crippen molar-refractivity contribution < 1.29 is 28.8 Å². The Labute approximate surface area is 224 Å². The number of carbonyl (C=O) groups is 1. The van der Waals surface area contributed by atoms with E-state index >= 15 is 0 Å². The number of hydrogen-bond donors (Lipinski definition) is 2. The van der Waals surface area contributed by atoms with E-state index in [9.17, 15) is 9.90 Å². The summed E-state index contributed by atoms with van der Waals surface area (Å²) in [6, 6.07) is 28.7. The zero-order valence-corrected chi connectivity index (χ0v) is 21.8. The fourth-order valence-corrected chi connectivity index (χ4v) is 4.52. The van der Waals surface area contributed by atoms with Gasteiger partial charge < -0.3 is 29.4 Å². The molecule has 1 aliphatic heterocycles. The largest absolute Gasteiger partial charge is 0.394 e. The molecule has 38 heavy (non-hydrogen) atoms. The topological polar surface area (TPSA) is 86.3 Å². The van der Waals surface area contributed by atoms with Crippen LogP contribution in [0.15, 0.2) is 91.0 Å². The number of amides is 1. The predicted molar refractivity (Wildman–Crippen MR) is 144 cm³/mol. The molecular formula is C31H37NO6. The number of hydrogen-bond acceptors (Lipinski definition) is 6. The number of benzene rings is 3. The summed E-state index contributed by atoms with van der Waals surface area (Å²) in [6.45, 7) is 2.57. The van der Waals surface area contributed by atoms with Crippen LogP contribution < -0.4 is 5.32 Å². The second kappa shape index (κ2) is 14.8. The van der Waals surface area contributed by atoms with Gasteiger partial charge in [0.25, 0.3) is 0 Å². The maximum Gasteiger partial charge on any atom is 0.220 e. The first-order chi connectivity index (χ1) is 18.7. The molecule has 1 unspecified atom stereocenters. The van der Waals surface area contributed by atoms with Crippen molar-refractivity contribution in [2.45, 2.75) is 70.2 Å². The SMILES string of the molecule is CCCC(=O)N[C@H]1C(OCc2ccccc2)O[C@H](CO)[C@@H](OCc2ccccc2)[C@@H]1OCc1ccccc1. The fourth-order valence-electron chi connectivity index (χ4n) is 4.52. The van der Waals surface area contributed by atoms with Crippen LogP contribution in [-0.2, 0) is 43.6 Å². The third kappa shape index (κ3) is 7.96. The molecule has 2 N–H and O–H groups in total. The molecule has 7 nitrogen and oxygen atoms in total. The lowest BCUT2D eigenvalue weighted by atomic mass is 9.95. The molecule has 1 saturated heterocycles. The van der Waals surface area contributed by atoms with E-state index in [0.717, 1.165) is 16.7 Å². The van der Waals surface area contributed by atoms with Gasteiger partial charge in [0.15, 0.2) is 6.29 Å². The van der Waals surface area contributed by atoms with Gasteiger partial charge in [-0.1, -0.05) is 97.9 Å². The van der Waals surface area contributed by atoms with Gasteiger partial charge in [0, 0.05) is 6.42 Å². The number of ether oxygens (including phenoxy) is 4. The van der Waals surface area contributed by atoms with E-state index < -0.39 is 30.6 Å². The molecule has 1 fully saturated rings. The summed E-state index contributed by atoms with van der Waals surface area (Å²) in [5.41, 5.74) is 2.95.